The van der Waals surface area contributed by atoms with Crippen molar-refractivity contribution in [3.05, 3.63) is 0 Å². The van der Waals surface area contributed by atoms with Crippen LogP contribution in [0.25, 0.3) is 0 Å². The fourth-order valence-corrected chi connectivity index (χ4v) is 5.38. The fraction of sp³-hybridized carbons (Fsp3) is 1.00. The Bertz CT molecular complexity index is 93.3. The van der Waals surface area contributed by atoms with Crippen molar-refractivity contribution in [1.82, 2.24) is 0 Å². The van der Waals surface area contributed by atoms with Crippen molar-refractivity contribution in [1.29, 1.82) is 0 Å². The quantitative estimate of drug-likeness (QED) is 0.507. The van der Waals surface area contributed by atoms with Crippen LogP contribution < -0.4 is 0 Å². The average molecular weight is 200 g/mol. The molecule has 80 valence electrons. The van der Waals surface area contributed by atoms with Crippen molar-refractivity contribution < 1.29 is 0 Å². The zero-order valence-corrected chi connectivity index (χ0v) is 11.3. The second kappa shape index (κ2) is 8.80. The molecular formula is C12H28Si. The van der Waals surface area contributed by atoms with Gasteiger partial charge in [-0.05, 0) is 5.92 Å². The van der Waals surface area contributed by atoms with E-state index in [-0.39, 0.29) is 8.80 Å². The Morgan fingerprint density at radius 1 is 0.923 bits per heavy atom. The third-order valence-corrected chi connectivity index (χ3v) is 6.80. The maximum absolute atomic E-state index is 2.35. The van der Waals surface area contributed by atoms with Crippen molar-refractivity contribution in [3.63, 3.8) is 0 Å². The van der Waals surface area contributed by atoms with E-state index < -0.39 is 0 Å². The maximum Gasteiger partial charge on any atom is 0.0367 e. The van der Waals surface area contributed by atoms with Gasteiger partial charge in [0.2, 0.25) is 0 Å². The van der Waals surface area contributed by atoms with Crippen LogP contribution in [0.1, 0.15) is 53.4 Å². The molecule has 0 heterocycles. The van der Waals surface area contributed by atoms with Gasteiger partial charge in [0.15, 0.2) is 0 Å². The standard InChI is InChI=1S/C12H28Si/c1-5-9-13(10-6-2)11-7-8-12(3)4/h12-13H,5-11H2,1-4H3. The van der Waals surface area contributed by atoms with Crippen LogP contribution in [0.4, 0.5) is 0 Å². The molecule has 0 saturated carbocycles. The topological polar surface area (TPSA) is 0 Å². The molecule has 1 heteroatoms. The van der Waals surface area contributed by atoms with E-state index in [0.29, 0.717) is 0 Å². The lowest BCUT2D eigenvalue weighted by Gasteiger charge is -2.13. The summed E-state index contributed by atoms with van der Waals surface area (Å²) in [6.45, 7) is 9.38. The highest BCUT2D eigenvalue weighted by molar-refractivity contribution is 6.58. The summed E-state index contributed by atoms with van der Waals surface area (Å²) in [4.78, 5) is 0. The second-order valence-corrected chi connectivity index (χ2v) is 8.23. The molecule has 0 fully saturated rings. The molecule has 0 radical (unpaired) electrons. The van der Waals surface area contributed by atoms with Gasteiger partial charge in [-0.1, -0.05) is 71.5 Å². The van der Waals surface area contributed by atoms with Crippen LogP contribution in [0, 0.1) is 5.92 Å². The molecule has 0 aromatic rings. The fourth-order valence-electron chi connectivity index (χ4n) is 2.06. The molecule has 0 aliphatic carbocycles. The number of rotatable bonds is 8. The Labute approximate surface area is 86.7 Å². The molecule has 0 aromatic carbocycles. The molecule has 13 heavy (non-hydrogen) atoms. The average Bonchev–Trinajstić information content (AvgIpc) is 2.04. The number of hydrogen-bond acceptors (Lipinski definition) is 0. The summed E-state index contributed by atoms with van der Waals surface area (Å²) in [7, 11) is -0.293. The van der Waals surface area contributed by atoms with E-state index >= 15 is 0 Å². The van der Waals surface area contributed by atoms with Crippen LogP contribution in [-0.2, 0) is 0 Å². The summed E-state index contributed by atoms with van der Waals surface area (Å²) in [6, 6.07) is 4.79. The van der Waals surface area contributed by atoms with Gasteiger partial charge in [0.1, 0.15) is 0 Å². The van der Waals surface area contributed by atoms with E-state index in [1.54, 1.807) is 18.1 Å². The van der Waals surface area contributed by atoms with Crippen molar-refractivity contribution in [2.24, 2.45) is 5.92 Å². The van der Waals surface area contributed by atoms with Crippen molar-refractivity contribution in [2.75, 3.05) is 0 Å². The summed E-state index contributed by atoms with van der Waals surface area (Å²) in [5, 5.41) is 0. The third kappa shape index (κ3) is 8.54. The Balaban J connectivity index is 3.44. The Morgan fingerprint density at radius 3 is 1.85 bits per heavy atom. The third-order valence-electron chi connectivity index (χ3n) is 2.79. The first-order chi connectivity index (χ1) is 6.20. The van der Waals surface area contributed by atoms with Gasteiger partial charge in [-0.2, -0.15) is 0 Å². The molecule has 0 unspecified atom stereocenters. The van der Waals surface area contributed by atoms with Crippen molar-refractivity contribution in [3.8, 4) is 0 Å². The minimum atomic E-state index is -0.293. The maximum atomic E-state index is 2.35. The SMILES string of the molecule is CCC[SiH](CCC)CCCC(C)C. The molecule has 0 aromatic heterocycles. The number of hydrogen-bond donors (Lipinski definition) is 0. The van der Waals surface area contributed by atoms with Crippen molar-refractivity contribution >= 4 is 8.80 Å². The van der Waals surface area contributed by atoms with Gasteiger partial charge in [0, 0.05) is 8.80 Å². The molecule has 0 amide bonds. The largest absolute Gasteiger partial charge is 0.0657 e. The summed E-state index contributed by atoms with van der Waals surface area (Å²) in [5.74, 6) is 0.915. The predicted octanol–water partition coefficient (Wildman–Crippen LogP) is 4.47. The minimum Gasteiger partial charge on any atom is -0.0657 e. The van der Waals surface area contributed by atoms with E-state index in [1.165, 1.54) is 25.7 Å². The first-order valence-electron chi connectivity index (χ1n) is 6.20. The van der Waals surface area contributed by atoms with Gasteiger partial charge < -0.3 is 0 Å². The van der Waals surface area contributed by atoms with Gasteiger partial charge in [-0.15, -0.1) is 0 Å². The summed E-state index contributed by atoms with van der Waals surface area (Å²) >= 11 is 0. The Hall–Kier alpha value is 0.217. The predicted molar refractivity (Wildman–Crippen MR) is 66.2 cm³/mol. The normalized spacial score (nSPS) is 11.5. The molecule has 0 spiro atoms. The second-order valence-electron chi connectivity index (χ2n) is 4.77. The van der Waals surface area contributed by atoms with E-state index in [0.717, 1.165) is 5.92 Å². The summed E-state index contributed by atoms with van der Waals surface area (Å²) < 4.78 is 0. The Kier molecular flexibility index (Phi) is 8.95. The molecule has 0 atom stereocenters. The van der Waals surface area contributed by atoms with Crippen LogP contribution in [0.3, 0.4) is 0 Å². The molecule has 0 aliphatic heterocycles. The van der Waals surface area contributed by atoms with Crippen LogP contribution in [-0.4, -0.2) is 8.80 Å². The van der Waals surface area contributed by atoms with Crippen LogP contribution >= 0.6 is 0 Å². The molecule has 0 saturated heterocycles. The first kappa shape index (κ1) is 13.2. The van der Waals surface area contributed by atoms with E-state index in [4.69, 9.17) is 0 Å². The Morgan fingerprint density at radius 2 is 1.46 bits per heavy atom. The van der Waals surface area contributed by atoms with Gasteiger partial charge in [-0.3, -0.25) is 0 Å². The summed E-state index contributed by atoms with van der Waals surface area (Å²) in [6.07, 6.45) is 5.82. The zero-order valence-electron chi connectivity index (χ0n) is 10.1. The van der Waals surface area contributed by atoms with E-state index in [2.05, 4.69) is 27.7 Å². The smallest absolute Gasteiger partial charge is 0.0367 e. The lowest BCUT2D eigenvalue weighted by atomic mass is 10.1. The zero-order chi connectivity index (χ0) is 10.1. The first-order valence-corrected chi connectivity index (χ1v) is 8.65. The van der Waals surface area contributed by atoms with Crippen molar-refractivity contribution in [2.45, 2.75) is 71.5 Å². The van der Waals surface area contributed by atoms with E-state index in [1.807, 2.05) is 0 Å². The highest BCUT2D eigenvalue weighted by Gasteiger charge is 2.08. The van der Waals surface area contributed by atoms with Crippen LogP contribution in [0.15, 0.2) is 0 Å². The van der Waals surface area contributed by atoms with Crippen LogP contribution in [0.5, 0.6) is 0 Å². The molecular weight excluding hydrogens is 172 g/mol. The monoisotopic (exact) mass is 200 g/mol. The molecule has 0 N–H and O–H groups in total. The van der Waals surface area contributed by atoms with Crippen LogP contribution in [0.2, 0.25) is 18.1 Å². The lowest BCUT2D eigenvalue weighted by Crippen LogP contribution is -2.11. The van der Waals surface area contributed by atoms with Gasteiger partial charge in [0.05, 0.1) is 0 Å². The lowest BCUT2D eigenvalue weighted by molar-refractivity contribution is 0.573. The van der Waals surface area contributed by atoms with E-state index in [9.17, 15) is 0 Å². The molecule has 0 bridgehead atoms. The van der Waals surface area contributed by atoms with Gasteiger partial charge >= 0.3 is 0 Å². The highest BCUT2D eigenvalue weighted by Crippen LogP contribution is 2.16. The highest BCUT2D eigenvalue weighted by atomic mass is 28.3. The van der Waals surface area contributed by atoms with Gasteiger partial charge in [-0.25, -0.2) is 0 Å². The minimum absolute atomic E-state index is 0.293. The van der Waals surface area contributed by atoms with Gasteiger partial charge in [0.25, 0.3) is 0 Å². The molecule has 0 nitrogen and oxygen atoms in total. The molecule has 0 aliphatic rings. The molecule has 0 rings (SSSR count). The summed E-state index contributed by atoms with van der Waals surface area (Å²) in [5.41, 5.74) is 0.